The molecule has 1 unspecified atom stereocenters. The normalized spacial score (nSPS) is 12.7. The van der Waals surface area contributed by atoms with Gasteiger partial charge in [-0.3, -0.25) is 4.90 Å². The molecule has 3 aromatic rings. The minimum absolute atomic E-state index is 0.192. The highest BCUT2D eigenvalue weighted by molar-refractivity contribution is 5.19. The maximum Gasteiger partial charge on any atom is 0.129 e. The summed E-state index contributed by atoms with van der Waals surface area (Å²) in [5.74, 6) is 1.12. The molecule has 1 atom stereocenters. The zero-order valence-electron chi connectivity index (χ0n) is 18.4. The zero-order valence-corrected chi connectivity index (χ0v) is 18.4. The van der Waals surface area contributed by atoms with Crippen LogP contribution in [0.3, 0.4) is 0 Å². The summed E-state index contributed by atoms with van der Waals surface area (Å²) in [5.41, 5.74) is 1.76. The Bertz CT molecular complexity index is 892. The van der Waals surface area contributed by atoms with Gasteiger partial charge in [0.25, 0.3) is 0 Å². The van der Waals surface area contributed by atoms with Crippen LogP contribution >= 0.6 is 0 Å². The van der Waals surface area contributed by atoms with Gasteiger partial charge in [0.15, 0.2) is 0 Å². The third kappa shape index (κ3) is 7.65. The molecule has 0 aliphatic carbocycles. The summed E-state index contributed by atoms with van der Waals surface area (Å²) in [6.45, 7) is 7.54. The Kier molecular flexibility index (Phi) is 8.88. The molecular weight excluding hydrogens is 395 g/mol. The van der Waals surface area contributed by atoms with Crippen LogP contribution in [0.5, 0.6) is 0 Å². The van der Waals surface area contributed by atoms with E-state index in [1.54, 1.807) is 12.3 Å². The van der Waals surface area contributed by atoms with Gasteiger partial charge < -0.3 is 18.8 Å². The minimum Gasteiger partial charge on any atom is -0.467 e. The average molecular weight is 429 g/mol. The average Bonchev–Trinajstić information content (AvgIpc) is 3.40. The summed E-state index contributed by atoms with van der Waals surface area (Å²) in [7, 11) is 0. The van der Waals surface area contributed by atoms with Crippen LogP contribution in [0, 0.1) is 11.7 Å². The van der Waals surface area contributed by atoms with Gasteiger partial charge in [-0.25, -0.2) is 4.39 Å². The first kappa shape index (κ1) is 23.3. The number of ether oxygens (including phenoxy) is 1. The van der Waals surface area contributed by atoms with E-state index in [2.05, 4.69) is 29.4 Å². The molecule has 0 radical (unpaired) electrons. The van der Waals surface area contributed by atoms with E-state index in [4.69, 9.17) is 9.15 Å². The second-order valence-corrected chi connectivity index (χ2v) is 8.38. The fourth-order valence-corrected chi connectivity index (χ4v) is 3.50. The van der Waals surface area contributed by atoms with Crippen molar-refractivity contribution in [3.63, 3.8) is 0 Å². The van der Waals surface area contributed by atoms with Gasteiger partial charge in [-0.1, -0.05) is 32.0 Å². The van der Waals surface area contributed by atoms with Crippen molar-refractivity contribution in [2.45, 2.75) is 46.1 Å². The number of furan rings is 1. The Balaban J connectivity index is 1.58. The van der Waals surface area contributed by atoms with E-state index in [9.17, 15) is 9.50 Å². The van der Waals surface area contributed by atoms with Crippen molar-refractivity contribution >= 4 is 0 Å². The van der Waals surface area contributed by atoms with Gasteiger partial charge in [-0.15, -0.1) is 0 Å². The van der Waals surface area contributed by atoms with Crippen molar-refractivity contribution in [2.75, 3.05) is 19.7 Å². The predicted molar refractivity (Wildman–Crippen MR) is 119 cm³/mol. The maximum atomic E-state index is 14.1. The van der Waals surface area contributed by atoms with E-state index in [1.807, 2.05) is 36.5 Å². The quantitative estimate of drug-likeness (QED) is 0.429. The molecule has 0 saturated heterocycles. The molecule has 0 bridgehead atoms. The Morgan fingerprint density at radius 2 is 1.97 bits per heavy atom. The molecule has 168 valence electrons. The van der Waals surface area contributed by atoms with Crippen molar-refractivity contribution in [3.8, 4) is 0 Å². The standard InChI is InChI=1S/C25H33FN2O3/c1-20(2)11-13-27(17-23(29)18-30-19-24-9-6-14-31-24)16-22-8-5-12-28(22)15-21-7-3-4-10-25(21)26/h3-10,12,14,20,23,29H,11,13,15-19H2,1-2H3. The van der Waals surface area contributed by atoms with Gasteiger partial charge in [0.2, 0.25) is 0 Å². The van der Waals surface area contributed by atoms with E-state index in [0.29, 0.717) is 37.7 Å². The van der Waals surface area contributed by atoms with E-state index in [0.717, 1.165) is 24.4 Å². The van der Waals surface area contributed by atoms with E-state index < -0.39 is 6.10 Å². The van der Waals surface area contributed by atoms with E-state index in [1.165, 1.54) is 6.07 Å². The second-order valence-electron chi connectivity index (χ2n) is 8.38. The molecule has 3 rings (SSSR count). The summed E-state index contributed by atoms with van der Waals surface area (Å²) in [6, 6.07) is 14.6. The third-order valence-electron chi connectivity index (χ3n) is 5.23. The summed E-state index contributed by atoms with van der Waals surface area (Å²) in [4.78, 5) is 2.24. The van der Waals surface area contributed by atoms with Gasteiger partial charge in [0.1, 0.15) is 18.2 Å². The van der Waals surface area contributed by atoms with Crippen LogP contribution in [-0.2, 0) is 24.4 Å². The van der Waals surface area contributed by atoms with Crippen molar-refractivity contribution in [1.29, 1.82) is 0 Å². The van der Waals surface area contributed by atoms with Gasteiger partial charge in [0.05, 0.1) is 25.5 Å². The van der Waals surface area contributed by atoms with Gasteiger partial charge >= 0.3 is 0 Å². The van der Waals surface area contributed by atoms with Gasteiger partial charge in [0, 0.05) is 30.5 Å². The van der Waals surface area contributed by atoms with Crippen LogP contribution in [-0.4, -0.2) is 40.4 Å². The van der Waals surface area contributed by atoms with Crippen LogP contribution in [0.15, 0.2) is 65.4 Å². The monoisotopic (exact) mass is 428 g/mol. The zero-order chi connectivity index (χ0) is 22.1. The lowest BCUT2D eigenvalue weighted by Gasteiger charge is -2.26. The van der Waals surface area contributed by atoms with Gasteiger partial charge in [-0.2, -0.15) is 0 Å². The van der Waals surface area contributed by atoms with Crippen LogP contribution < -0.4 is 0 Å². The Morgan fingerprint density at radius 3 is 2.71 bits per heavy atom. The first-order valence-electron chi connectivity index (χ1n) is 10.9. The van der Waals surface area contributed by atoms with Crippen LogP contribution in [0.25, 0.3) is 0 Å². The summed E-state index contributed by atoms with van der Waals surface area (Å²) >= 11 is 0. The minimum atomic E-state index is -0.600. The first-order valence-corrected chi connectivity index (χ1v) is 10.9. The molecule has 0 fully saturated rings. The Labute approximate surface area is 184 Å². The van der Waals surface area contributed by atoms with Crippen molar-refractivity contribution in [1.82, 2.24) is 9.47 Å². The van der Waals surface area contributed by atoms with Crippen LogP contribution in [0.2, 0.25) is 0 Å². The number of rotatable bonds is 13. The highest BCUT2D eigenvalue weighted by Gasteiger charge is 2.16. The second kappa shape index (κ2) is 11.8. The lowest BCUT2D eigenvalue weighted by Crippen LogP contribution is -2.36. The fourth-order valence-electron chi connectivity index (χ4n) is 3.50. The number of hydrogen-bond acceptors (Lipinski definition) is 4. The van der Waals surface area contributed by atoms with Crippen LogP contribution in [0.4, 0.5) is 4.39 Å². The largest absolute Gasteiger partial charge is 0.467 e. The molecule has 0 aliphatic rings. The molecule has 0 saturated carbocycles. The SMILES string of the molecule is CC(C)CCN(Cc1cccn1Cc1ccccc1F)CC(O)COCc1ccco1. The number of hydrogen-bond donors (Lipinski definition) is 1. The fraction of sp³-hybridized carbons (Fsp3) is 0.440. The van der Waals surface area contributed by atoms with E-state index >= 15 is 0 Å². The molecule has 0 aliphatic heterocycles. The number of halogens is 1. The molecule has 31 heavy (non-hydrogen) atoms. The molecular formula is C25H33FN2O3. The molecule has 0 amide bonds. The molecule has 1 N–H and O–H groups in total. The highest BCUT2D eigenvalue weighted by atomic mass is 19.1. The van der Waals surface area contributed by atoms with Crippen LogP contribution in [0.1, 0.15) is 37.3 Å². The Hall–Kier alpha value is -2.41. The molecule has 5 nitrogen and oxygen atoms in total. The lowest BCUT2D eigenvalue weighted by molar-refractivity contribution is 0.00296. The summed E-state index contributed by atoms with van der Waals surface area (Å²) in [5, 5.41) is 10.5. The number of aliphatic hydroxyl groups is 1. The van der Waals surface area contributed by atoms with Crippen molar-refractivity contribution in [2.24, 2.45) is 5.92 Å². The molecule has 1 aromatic carbocycles. The third-order valence-corrected chi connectivity index (χ3v) is 5.23. The number of aromatic nitrogens is 1. The lowest BCUT2D eigenvalue weighted by atomic mass is 10.1. The van der Waals surface area contributed by atoms with Crippen molar-refractivity contribution < 1.29 is 18.7 Å². The molecule has 2 aromatic heterocycles. The van der Waals surface area contributed by atoms with E-state index in [-0.39, 0.29) is 12.4 Å². The molecule has 6 heteroatoms. The number of benzene rings is 1. The smallest absolute Gasteiger partial charge is 0.129 e. The number of nitrogens with zero attached hydrogens (tertiary/aromatic N) is 2. The maximum absolute atomic E-state index is 14.1. The van der Waals surface area contributed by atoms with Crippen molar-refractivity contribution in [3.05, 3.63) is 83.8 Å². The predicted octanol–water partition coefficient (Wildman–Crippen LogP) is 4.69. The molecule has 2 heterocycles. The topological polar surface area (TPSA) is 50.8 Å². The first-order chi connectivity index (χ1) is 15.0. The van der Waals surface area contributed by atoms with Gasteiger partial charge in [-0.05, 0) is 49.2 Å². The molecule has 0 spiro atoms. The summed E-state index contributed by atoms with van der Waals surface area (Å²) in [6.07, 6.45) is 4.02. The Morgan fingerprint density at radius 1 is 1.13 bits per heavy atom. The highest BCUT2D eigenvalue weighted by Crippen LogP contribution is 2.15. The number of aliphatic hydroxyl groups excluding tert-OH is 1. The summed E-state index contributed by atoms with van der Waals surface area (Å²) < 4.78 is 27.0.